The fourth-order valence-electron chi connectivity index (χ4n) is 2.18. The maximum absolute atomic E-state index is 12.5. The largest absolute Gasteiger partial charge is 0.497 e. The van der Waals surface area contributed by atoms with E-state index in [1.54, 1.807) is 0 Å². The van der Waals surface area contributed by atoms with Crippen molar-refractivity contribution in [3.63, 3.8) is 0 Å². The fourth-order valence-corrected chi connectivity index (χ4v) is 2.18. The van der Waals surface area contributed by atoms with Gasteiger partial charge in [-0.05, 0) is 25.2 Å². The zero-order chi connectivity index (χ0) is 20.4. The van der Waals surface area contributed by atoms with Gasteiger partial charge in [-0.2, -0.15) is 22.0 Å². The van der Waals surface area contributed by atoms with Gasteiger partial charge in [-0.25, -0.2) is 0 Å². The number of nitrogens with one attached hydrogen (secondary N) is 2. The first kappa shape index (κ1) is 26.4. The third-order valence-corrected chi connectivity index (χ3v) is 3.39. The summed E-state index contributed by atoms with van der Waals surface area (Å²) in [6, 6.07) is 4.39. The summed E-state index contributed by atoms with van der Waals surface area (Å²) in [6.45, 7) is -3.54. The molecule has 162 valence electrons. The summed E-state index contributed by atoms with van der Waals surface area (Å²) in [6.07, 6.45) is -4.26. The van der Waals surface area contributed by atoms with Crippen molar-refractivity contribution in [1.82, 2.24) is 15.5 Å². The topological polar surface area (TPSA) is 58.1 Å². The third kappa shape index (κ3) is 10.7. The van der Waals surface area contributed by atoms with Gasteiger partial charge in [0.1, 0.15) is 11.5 Å². The number of benzene rings is 1. The second-order valence-corrected chi connectivity index (χ2v) is 5.56. The molecule has 0 unspecified atom stereocenters. The van der Waals surface area contributed by atoms with Crippen molar-refractivity contribution in [3.05, 3.63) is 23.8 Å². The van der Waals surface area contributed by atoms with Crippen molar-refractivity contribution in [3.8, 4) is 11.5 Å². The highest BCUT2D eigenvalue weighted by atomic mass is 127. The molecule has 28 heavy (non-hydrogen) atoms. The molecule has 1 aromatic rings. The van der Waals surface area contributed by atoms with E-state index in [4.69, 9.17) is 4.74 Å². The minimum atomic E-state index is -4.26. The van der Waals surface area contributed by atoms with Crippen molar-refractivity contribution in [1.29, 1.82) is 0 Å². The molecule has 0 radical (unpaired) electrons. The number of likely N-dealkylation sites (N-methyl/N-ethyl adjacent to an activating group) is 1. The average Bonchev–Trinajstić information content (AvgIpc) is 2.56. The van der Waals surface area contributed by atoms with Gasteiger partial charge in [0.15, 0.2) is 5.96 Å². The predicted octanol–water partition coefficient (Wildman–Crippen LogP) is 3.07. The van der Waals surface area contributed by atoms with Crippen molar-refractivity contribution in [2.45, 2.75) is 19.3 Å². The van der Waals surface area contributed by atoms with E-state index in [0.717, 1.165) is 4.90 Å². The highest BCUT2D eigenvalue weighted by molar-refractivity contribution is 14.0. The van der Waals surface area contributed by atoms with Crippen LogP contribution in [0.4, 0.5) is 22.0 Å². The van der Waals surface area contributed by atoms with Gasteiger partial charge in [0, 0.05) is 32.2 Å². The summed E-state index contributed by atoms with van der Waals surface area (Å²) >= 11 is 0. The molecule has 0 amide bonds. The Bertz CT molecular complexity index is 617. The fraction of sp³-hybridized carbons (Fsp3) is 0.562. The molecule has 6 nitrogen and oxygen atoms in total. The Balaban J connectivity index is 0.00000729. The molecule has 0 atom stereocenters. The van der Waals surface area contributed by atoms with E-state index in [-0.39, 0.29) is 49.4 Å². The van der Waals surface area contributed by atoms with Gasteiger partial charge in [0.05, 0.1) is 13.7 Å². The second-order valence-electron chi connectivity index (χ2n) is 5.56. The summed E-state index contributed by atoms with van der Waals surface area (Å²) in [7, 11) is 4.28. The highest BCUT2D eigenvalue weighted by Crippen LogP contribution is 2.25. The molecule has 1 rings (SSSR count). The third-order valence-electron chi connectivity index (χ3n) is 3.39. The van der Waals surface area contributed by atoms with Gasteiger partial charge < -0.3 is 20.1 Å². The first-order chi connectivity index (χ1) is 12.6. The first-order valence-corrected chi connectivity index (χ1v) is 7.96. The molecule has 0 bridgehead atoms. The van der Waals surface area contributed by atoms with Gasteiger partial charge in [-0.15, -0.1) is 24.0 Å². The molecule has 0 fully saturated rings. The van der Waals surface area contributed by atoms with E-state index in [9.17, 15) is 22.0 Å². The number of alkyl halides is 5. The van der Waals surface area contributed by atoms with Crippen LogP contribution < -0.4 is 20.1 Å². The van der Waals surface area contributed by atoms with Crippen LogP contribution in [0, 0.1) is 0 Å². The smallest absolute Gasteiger partial charge is 0.401 e. The Morgan fingerprint density at radius 3 is 2.46 bits per heavy atom. The minimum absolute atomic E-state index is 0. The SMILES string of the molecule is CN=C(NCCN(C)CC(F)(F)F)NCc1cc(OC)ccc1OC(F)F.I. The summed E-state index contributed by atoms with van der Waals surface area (Å²) < 4.78 is 71.4. The number of methoxy groups -OCH3 is 1. The maximum atomic E-state index is 12.5. The van der Waals surface area contributed by atoms with E-state index < -0.39 is 19.3 Å². The van der Waals surface area contributed by atoms with Crippen LogP contribution in [0.15, 0.2) is 23.2 Å². The lowest BCUT2D eigenvalue weighted by Gasteiger charge is -2.20. The molecule has 0 spiro atoms. The van der Waals surface area contributed by atoms with Crippen LogP contribution in [0.5, 0.6) is 11.5 Å². The number of hydrogen-bond acceptors (Lipinski definition) is 4. The number of halogens is 6. The normalized spacial score (nSPS) is 12.0. The molecule has 0 heterocycles. The number of aliphatic imine (C=N–C) groups is 1. The quantitative estimate of drug-likeness (QED) is 0.224. The van der Waals surface area contributed by atoms with Crippen molar-refractivity contribution >= 4 is 29.9 Å². The predicted molar refractivity (Wildman–Crippen MR) is 107 cm³/mol. The second kappa shape index (κ2) is 12.8. The highest BCUT2D eigenvalue weighted by Gasteiger charge is 2.28. The van der Waals surface area contributed by atoms with Gasteiger partial charge in [0.2, 0.25) is 0 Å². The molecule has 0 aromatic heterocycles. The lowest BCUT2D eigenvalue weighted by Crippen LogP contribution is -2.42. The summed E-state index contributed by atoms with van der Waals surface area (Å²) in [5, 5.41) is 5.75. The summed E-state index contributed by atoms with van der Waals surface area (Å²) in [5.41, 5.74) is 0.409. The Morgan fingerprint density at radius 2 is 1.93 bits per heavy atom. The van der Waals surface area contributed by atoms with E-state index in [0.29, 0.717) is 17.3 Å². The van der Waals surface area contributed by atoms with Crippen LogP contribution >= 0.6 is 24.0 Å². The van der Waals surface area contributed by atoms with E-state index in [1.165, 1.54) is 39.4 Å². The van der Waals surface area contributed by atoms with E-state index in [2.05, 4.69) is 20.4 Å². The number of ether oxygens (including phenoxy) is 2. The van der Waals surface area contributed by atoms with Crippen molar-refractivity contribution < 1.29 is 31.4 Å². The number of guanidine groups is 1. The summed E-state index contributed by atoms with van der Waals surface area (Å²) in [5.74, 6) is 0.755. The zero-order valence-electron chi connectivity index (χ0n) is 15.6. The minimum Gasteiger partial charge on any atom is -0.497 e. The van der Waals surface area contributed by atoms with Crippen LogP contribution in [-0.2, 0) is 6.54 Å². The first-order valence-electron chi connectivity index (χ1n) is 7.96. The molecular weight excluding hydrogens is 502 g/mol. The molecule has 12 heteroatoms. The standard InChI is InChI=1S/C16H23F5N4O2.HI/c1-22-15(23-6-7-25(2)10-16(19,20)21)24-9-11-8-12(26-3)4-5-13(11)27-14(17)18;/h4-5,8,14H,6-7,9-10H2,1-3H3,(H2,22,23,24);1H. The van der Waals surface area contributed by atoms with Crippen LogP contribution in [-0.4, -0.2) is 64.5 Å². The Morgan fingerprint density at radius 1 is 1.25 bits per heavy atom. The molecule has 0 saturated carbocycles. The van der Waals surface area contributed by atoms with Crippen LogP contribution in [0.1, 0.15) is 5.56 Å². The van der Waals surface area contributed by atoms with Gasteiger partial charge in [-0.3, -0.25) is 9.89 Å². The molecule has 2 N–H and O–H groups in total. The molecule has 0 saturated heterocycles. The number of rotatable bonds is 9. The van der Waals surface area contributed by atoms with E-state index >= 15 is 0 Å². The number of hydrogen-bond donors (Lipinski definition) is 2. The van der Waals surface area contributed by atoms with Crippen LogP contribution in [0.3, 0.4) is 0 Å². The van der Waals surface area contributed by atoms with Crippen molar-refractivity contribution in [2.24, 2.45) is 4.99 Å². The maximum Gasteiger partial charge on any atom is 0.401 e. The Labute approximate surface area is 177 Å². The zero-order valence-corrected chi connectivity index (χ0v) is 18.0. The van der Waals surface area contributed by atoms with Crippen molar-refractivity contribution in [2.75, 3.05) is 40.8 Å². The number of nitrogens with zero attached hydrogens (tertiary/aromatic N) is 2. The monoisotopic (exact) mass is 526 g/mol. The van der Waals surface area contributed by atoms with Gasteiger partial charge in [0.25, 0.3) is 0 Å². The van der Waals surface area contributed by atoms with Crippen LogP contribution in [0.2, 0.25) is 0 Å². The average molecular weight is 526 g/mol. The van der Waals surface area contributed by atoms with Gasteiger partial charge >= 0.3 is 12.8 Å². The lowest BCUT2D eigenvalue weighted by molar-refractivity contribution is -0.142. The Hall–Kier alpha value is -1.57. The Kier molecular flexibility index (Phi) is 12.1. The van der Waals surface area contributed by atoms with Gasteiger partial charge in [-0.1, -0.05) is 0 Å². The lowest BCUT2D eigenvalue weighted by atomic mass is 10.2. The van der Waals surface area contributed by atoms with E-state index in [1.807, 2.05) is 0 Å². The molecule has 0 aliphatic rings. The molecule has 1 aromatic carbocycles. The molecule has 0 aliphatic heterocycles. The molecular formula is C16H24F5IN4O2. The summed E-state index contributed by atoms with van der Waals surface area (Å²) in [4.78, 5) is 5.06. The molecule has 0 aliphatic carbocycles. The van der Waals surface area contributed by atoms with Crippen LogP contribution in [0.25, 0.3) is 0 Å².